The normalized spacial score (nSPS) is 13.5. The van der Waals surface area contributed by atoms with Gasteiger partial charge in [-0.25, -0.2) is 0 Å². The van der Waals surface area contributed by atoms with Gasteiger partial charge in [0.2, 0.25) is 0 Å². The Balaban J connectivity index is 2.55. The molecular weight excluding hydrogens is 228 g/mol. The van der Waals surface area contributed by atoms with Gasteiger partial charge in [-0.3, -0.25) is 0 Å². The zero-order chi connectivity index (χ0) is 12.4. The van der Waals surface area contributed by atoms with Gasteiger partial charge in [0.15, 0.2) is 0 Å². The van der Waals surface area contributed by atoms with Crippen molar-refractivity contribution in [2.75, 3.05) is 19.8 Å². The minimum atomic E-state index is 0.434. The molecule has 2 nitrogen and oxygen atoms in total. The van der Waals surface area contributed by atoms with Crippen LogP contribution >= 0.6 is 12.6 Å². The smallest absolute Gasteiger partial charge is 0.0459 e. The summed E-state index contributed by atoms with van der Waals surface area (Å²) in [7, 11) is 4.27. The second kappa shape index (κ2) is 5.15. The number of benzene rings is 1. The lowest BCUT2D eigenvalue weighted by molar-refractivity contribution is 0.294. The summed E-state index contributed by atoms with van der Waals surface area (Å²) in [6.45, 7) is 2.16. The van der Waals surface area contributed by atoms with Gasteiger partial charge in [0, 0.05) is 22.6 Å². The van der Waals surface area contributed by atoms with E-state index in [-0.39, 0.29) is 0 Å². The Morgan fingerprint density at radius 3 is 2.65 bits per heavy atom. The Morgan fingerprint density at radius 2 is 2.00 bits per heavy atom. The lowest BCUT2D eigenvalue weighted by atomic mass is 10.00. The Bertz CT molecular complexity index is 502. The highest BCUT2D eigenvalue weighted by Gasteiger charge is 2.19. The summed E-state index contributed by atoms with van der Waals surface area (Å²) in [5.74, 6) is 0.905. The number of para-hydroxylation sites is 1. The largest absolute Gasteiger partial charge is 0.358 e. The van der Waals surface area contributed by atoms with Crippen LogP contribution in [0, 0.1) is 6.92 Å². The third kappa shape index (κ3) is 2.35. The number of nitrogens with one attached hydrogen (secondary N) is 1. The molecule has 1 unspecified atom stereocenters. The van der Waals surface area contributed by atoms with E-state index < -0.39 is 0 Å². The topological polar surface area (TPSA) is 19.0 Å². The number of aryl methyl sites for hydroxylation is 1. The maximum absolute atomic E-state index is 4.38. The van der Waals surface area contributed by atoms with E-state index in [9.17, 15) is 0 Å². The van der Waals surface area contributed by atoms with Crippen LogP contribution in [0.1, 0.15) is 23.7 Å². The quantitative estimate of drug-likeness (QED) is 0.794. The average Bonchev–Trinajstić information content (AvgIpc) is 2.62. The third-order valence-electron chi connectivity index (χ3n) is 3.30. The fraction of sp³-hybridized carbons (Fsp3) is 0.429. The number of rotatable bonds is 4. The molecule has 0 fully saturated rings. The van der Waals surface area contributed by atoms with Gasteiger partial charge < -0.3 is 9.88 Å². The number of H-pyrrole nitrogens is 1. The van der Waals surface area contributed by atoms with Crippen molar-refractivity contribution in [3.05, 3.63) is 35.5 Å². The van der Waals surface area contributed by atoms with Gasteiger partial charge in [-0.15, -0.1) is 0 Å². The molecule has 3 heteroatoms. The molecule has 1 aromatic heterocycles. The van der Waals surface area contributed by atoms with Gasteiger partial charge in [0.25, 0.3) is 0 Å². The highest BCUT2D eigenvalue weighted by molar-refractivity contribution is 7.80. The van der Waals surface area contributed by atoms with Crippen LogP contribution in [-0.2, 0) is 0 Å². The molecule has 1 atom stereocenters. The van der Waals surface area contributed by atoms with E-state index in [1.165, 1.54) is 22.2 Å². The van der Waals surface area contributed by atoms with Gasteiger partial charge in [0.1, 0.15) is 0 Å². The van der Waals surface area contributed by atoms with Gasteiger partial charge in [-0.1, -0.05) is 18.2 Å². The Labute approximate surface area is 108 Å². The van der Waals surface area contributed by atoms with E-state index in [2.05, 4.69) is 67.8 Å². The van der Waals surface area contributed by atoms with Crippen LogP contribution in [0.15, 0.2) is 24.3 Å². The van der Waals surface area contributed by atoms with Crippen LogP contribution in [0.5, 0.6) is 0 Å². The number of fused-ring (bicyclic) bond motifs is 1. The molecule has 1 N–H and O–H groups in total. The predicted molar refractivity (Wildman–Crippen MR) is 77.9 cm³/mol. The van der Waals surface area contributed by atoms with Crippen LogP contribution in [0.3, 0.4) is 0 Å². The van der Waals surface area contributed by atoms with Crippen LogP contribution < -0.4 is 0 Å². The molecular formula is C14H20N2S. The monoisotopic (exact) mass is 248 g/mol. The molecule has 0 aliphatic rings. The summed E-state index contributed by atoms with van der Waals surface area (Å²) < 4.78 is 0. The Kier molecular flexibility index (Phi) is 3.79. The number of hydrogen-bond donors (Lipinski definition) is 2. The lowest BCUT2D eigenvalue weighted by Gasteiger charge is -2.24. The fourth-order valence-electron chi connectivity index (χ4n) is 2.51. The maximum Gasteiger partial charge on any atom is 0.0459 e. The van der Waals surface area contributed by atoms with E-state index in [1.807, 2.05) is 0 Å². The molecule has 0 aliphatic heterocycles. The predicted octanol–water partition coefficient (Wildman–Crippen LogP) is 3.40. The summed E-state index contributed by atoms with van der Waals surface area (Å²) in [5.41, 5.74) is 3.91. The molecule has 2 aromatic rings. The van der Waals surface area contributed by atoms with Crippen LogP contribution in [0.4, 0.5) is 0 Å². The second-order valence-electron chi connectivity index (χ2n) is 4.70. The number of aromatic nitrogens is 1. The highest BCUT2D eigenvalue weighted by atomic mass is 32.1. The lowest BCUT2D eigenvalue weighted by Crippen LogP contribution is -2.20. The molecule has 0 spiro atoms. The molecule has 1 aromatic carbocycles. The molecule has 0 radical (unpaired) electrons. The zero-order valence-corrected chi connectivity index (χ0v) is 11.6. The summed E-state index contributed by atoms with van der Waals surface area (Å²) in [4.78, 5) is 5.75. The Hall–Kier alpha value is -0.930. The van der Waals surface area contributed by atoms with Gasteiger partial charge in [0.05, 0.1) is 0 Å². The van der Waals surface area contributed by atoms with Crippen molar-refractivity contribution in [1.82, 2.24) is 9.88 Å². The zero-order valence-electron chi connectivity index (χ0n) is 10.7. The Morgan fingerprint density at radius 1 is 1.29 bits per heavy atom. The highest BCUT2D eigenvalue weighted by Crippen LogP contribution is 2.32. The number of thiol groups is 1. The van der Waals surface area contributed by atoms with Crippen molar-refractivity contribution in [3.63, 3.8) is 0 Å². The number of hydrogen-bond acceptors (Lipinski definition) is 2. The first-order valence-electron chi connectivity index (χ1n) is 5.99. The third-order valence-corrected chi connectivity index (χ3v) is 3.56. The van der Waals surface area contributed by atoms with Gasteiger partial charge in [-0.05, 0) is 44.8 Å². The molecule has 0 saturated heterocycles. The fourth-order valence-corrected chi connectivity index (χ4v) is 2.76. The molecule has 0 saturated carbocycles. The molecule has 0 bridgehead atoms. The SMILES string of the molecule is Cc1[nH]c2ccccc2c1C(CCS)N(C)C. The standard InChI is InChI=1S/C14H20N2S/c1-10-14(13(8-9-17)16(2)3)11-6-4-5-7-12(11)15-10/h4-7,13,15,17H,8-9H2,1-3H3. The summed E-state index contributed by atoms with van der Waals surface area (Å²) in [6, 6.07) is 8.95. The van der Waals surface area contributed by atoms with E-state index >= 15 is 0 Å². The van der Waals surface area contributed by atoms with Gasteiger partial charge >= 0.3 is 0 Å². The first-order chi connectivity index (χ1) is 8.15. The van der Waals surface area contributed by atoms with E-state index in [4.69, 9.17) is 0 Å². The molecule has 0 amide bonds. The van der Waals surface area contributed by atoms with Crippen LogP contribution in [0.25, 0.3) is 10.9 Å². The summed E-state index contributed by atoms with van der Waals surface area (Å²) in [6.07, 6.45) is 1.07. The van der Waals surface area contributed by atoms with Crippen molar-refractivity contribution in [1.29, 1.82) is 0 Å². The summed E-state index contributed by atoms with van der Waals surface area (Å²) in [5, 5.41) is 1.34. The number of aromatic amines is 1. The van der Waals surface area contributed by atoms with E-state index in [0.29, 0.717) is 6.04 Å². The minimum Gasteiger partial charge on any atom is -0.358 e. The molecule has 2 rings (SSSR count). The van der Waals surface area contributed by atoms with Crippen molar-refractivity contribution < 1.29 is 0 Å². The van der Waals surface area contributed by atoms with Gasteiger partial charge in [-0.2, -0.15) is 12.6 Å². The molecule has 17 heavy (non-hydrogen) atoms. The van der Waals surface area contributed by atoms with Crippen molar-refractivity contribution >= 4 is 23.5 Å². The first kappa shape index (κ1) is 12.5. The van der Waals surface area contributed by atoms with Crippen molar-refractivity contribution in [2.45, 2.75) is 19.4 Å². The van der Waals surface area contributed by atoms with Crippen LogP contribution in [0.2, 0.25) is 0 Å². The van der Waals surface area contributed by atoms with E-state index in [1.54, 1.807) is 0 Å². The molecule has 92 valence electrons. The van der Waals surface area contributed by atoms with E-state index in [0.717, 1.165) is 12.2 Å². The van der Waals surface area contributed by atoms with Crippen molar-refractivity contribution in [3.8, 4) is 0 Å². The molecule has 1 heterocycles. The van der Waals surface area contributed by atoms with Crippen LogP contribution in [-0.4, -0.2) is 29.7 Å². The first-order valence-corrected chi connectivity index (χ1v) is 6.63. The van der Waals surface area contributed by atoms with Crippen molar-refractivity contribution in [2.24, 2.45) is 0 Å². The minimum absolute atomic E-state index is 0.434. The molecule has 0 aliphatic carbocycles. The number of nitrogens with zero attached hydrogens (tertiary/aromatic N) is 1. The summed E-state index contributed by atoms with van der Waals surface area (Å²) >= 11 is 4.38. The average molecular weight is 248 g/mol. The maximum atomic E-state index is 4.38. The second-order valence-corrected chi connectivity index (χ2v) is 5.15.